The topological polar surface area (TPSA) is 70.7 Å². The van der Waals surface area contributed by atoms with Crippen LogP contribution in [0.5, 0.6) is 0 Å². The Morgan fingerprint density at radius 1 is 1.19 bits per heavy atom. The maximum absolute atomic E-state index is 13.2. The van der Waals surface area contributed by atoms with Crippen molar-refractivity contribution in [2.45, 2.75) is 25.7 Å². The molecule has 0 aliphatic carbocycles. The quantitative estimate of drug-likeness (QED) is 0.802. The molecule has 1 aromatic carbocycles. The second-order valence-electron chi connectivity index (χ2n) is 7.39. The van der Waals surface area contributed by atoms with Gasteiger partial charge in [-0.2, -0.15) is 0 Å². The molecule has 7 heteroatoms. The highest BCUT2D eigenvalue weighted by Gasteiger charge is 2.43. The highest BCUT2D eigenvalue weighted by molar-refractivity contribution is 5.92. The van der Waals surface area contributed by atoms with E-state index in [1.54, 1.807) is 7.11 Å². The molecule has 2 fully saturated rings. The average Bonchev–Trinajstić information content (AvgIpc) is 2.69. The van der Waals surface area contributed by atoms with Gasteiger partial charge in [-0.05, 0) is 50.9 Å². The molecule has 0 radical (unpaired) electrons. The van der Waals surface area contributed by atoms with E-state index in [4.69, 9.17) is 4.74 Å². The molecule has 1 aromatic rings. The van der Waals surface area contributed by atoms with Crippen molar-refractivity contribution in [2.24, 2.45) is 11.3 Å². The van der Waals surface area contributed by atoms with Gasteiger partial charge in [-0.3, -0.25) is 9.59 Å². The Morgan fingerprint density at radius 2 is 1.81 bits per heavy atom. The van der Waals surface area contributed by atoms with E-state index in [9.17, 15) is 9.59 Å². The van der Waals surface area contributed by atoms with Gasteiger partial charge in [0, 0.05) is 31.8 Å². The molecule has 0 atom stereocenters. The number of nitrogens with zero attached hydrogens (tertiary/aromatic N) is 1. The molecule has 2 aliphatic rings. The summed E-state index contributed by atoms with van der Waals surface area (Å²) >= 11 is 0. The number of carbonyl (C=O) groups excluding carboxylic acids is 2. The summed E-state index contributed by atoms with van der Waals surface area (Å²) in [5.74, 6) is 0.213. The lowest BCUT2D eigenvalue weighted by Gasteiger charge is -2.41. The van der Waals surface area contributed by atoms with Crippen LogP contribution < -0.4 is 10.6 Å². The number of anilines is 1. The predicted molar refractivity (Wildman–Crippen MR) is 108 cm³/mol. The van der Waals surface area contributed by atoms with Crippen LogP contribution >= 0.6 is 12.4 Å². The first kappa shape index (κ1) is 21.7. The largest absolute Gasteiger partial charge is 0.384 e. The van der Waals surface area contributed by atoms with Gasteiger partial charge in [0.25, 0.3) is 0 Å². The number of likely N-dealkylation sites (tertiary alicyclic amines) is 1. The standard InChI is InChI=1S/C20H29N3O3.ClH/c1-26-15-20(9-11-21-12-10-20)19(25)23-13-7-16(8-14-23)18(24)22-17-5-3-2-4-6-17;/h2-6,16,21H,7-15H2,1H3,(H,22,24);1H. The second-order valence-corrected chi connectivity index (χ2v) is 7.39. The number of ether oxygens (including phenoxy) is 1. The van der Waals surface area contributed by atoms with E-state index in [1.165, 1.54) is 0 Å². The normalized spacial score (nSPS) is 19.8. The number of carbonyl (C=O) groups is 2. The van der Waals surface area contributed by atoms with Gasteiger partial charge in [0.05, 0.1) is 12.0 Å². The molecule has 3 rings (SSSR count). The van der Waals surface area contributed by atoms with Crippen LogP contribution in [0.3, 0.4) is 0 Å². The lowest BCUT2D eigenvalue weighted by atomic mass is 9.77. The van der Waals surface area contributed by atoms with Crippen LogP contribution in [0.1, 0.15) is 25.7 Å². The molecule has 2 N–H and O–H groups in total. The van der Waals surface area contributed by atoms with Gasteiger partial charge in [-0.25, -0.2) is 0 Å². The number of halogens is 1. The number of methoxy groups -OCH3 is 1. The number of nitrogens with one attached hydrogen (secondary N) is 2. The minimum Gasteiger partial charge on any atom is -0.384 e. The van der Waals surface area contributed by atoms with Crippen molar-refractivity contribution in [3.05, 3.63) is 30.3 Å². The van der Waals surface area contributed by atoms with Crippen LogP contribution in [0, 0.1) is 11.3 Å². The molecule has 27 heavy (non-hydrogen) atoms. The molecule has 0 saturated carbocycles. The number of para-hydroxylation sites is 1. The van der Waals surface area contributed by atoms with E-state index in [0.29, 0.717) is 32.5 Å². The molecular formula is C20H30ClN3O3. The molecule has 0 unspecified atom stereocenters. The van der Waals surface area contributed by atoms with E-state index in [2.05, 4.69) is 10.6 Å². The zero-order valence-corrected chi connectivity index (χ0v) is 16.7. The number of hydrogen-bond acceptors (Lipinski definition) is 4. The monoisotopic (exact) mass is 395 g/mol. The Morgan fingerprint density at radius 3 is 2.41 bits per heavy atom. The van der Waals surface area contributed by atoms with Crippen LogP contribution in [-0.2, 0) is 14.3 Å². The van der Waals surface area contributed by atoms with Gasteiger partial charge in [-0.1, -0.05) is 18.2 Å². The summed E-state index contributed by atoms with van der Waals surface area (Å²) in [6.07, 6.45) is 3.06. The summed E-state index contributed by atoms with van der Waals surface area (Å²) in [7, 11) is 1.66. The first-order valence-corrected chi connectivity index (χ1v) is 9.49. The molecule has 150 valence electrons. The van der Waals surface area contributed by atoms with Gasteiger partial charge in [0.15, 0.2) is 0 Å². The minimum atomic E-state index is -0.404. The highest BCUT2D eigenvalue weighted by atomic mass is 35.5. The molecule has 0 bridgehead atoms. The summed E-state index contributed by atoms with van der Waals surface area (Å²) in [5.41, 5.74) is 0.420. The molecule has 2 heterocycles. The fraction of sp³-hybridized carbons (Fsp3) is 0.600. The van der Waals surface area contributed by atoms with Crippen LogP contribution in [0.15, 0.2) is 30.3 Å². The molecule has 6 nitrogen and oxygen atoms in total. The third-order valence-corrected chi connectivity index (χ3v) is 5.63. The Balaban J connectivity index is 0.00000261. The van der Waals surface area contributed by atoms with Crippen molar-refractivity contribution in [3.8, 4) is 0 Å². The smallest absolute Gasteiger partial charge is 0.231 e. The minimum absolute atomic E-state index is 0. The molecule has 0 spiro atoms. The third-order valence-electron chi connectivity index (χ3n) is 5.63. The van der Waals surface area contributed by atoms with E-state index < -0.39 is 5.41 Å². The Labute approximate surface area is 167 Å². The Hall–Kier alpha value is -1.63. The lowest BCUT2D eigenvalue weighted by molar-refractivity contribution is -0.149. The number of hydrogen-bond donors (Lipinski definition) is 2. The van der Waals surface area contributed by atoms with Crippen molar-refractivity contribution in [3.63, 3.8) is 0 Å². The number of amides is 2. The number of benzene rings is 1. The Bertz CT molecular complexity index is 607. The molecule has 0 aromatic heterocycles. The fourth-order valence-electron chi connectivity index (χ4n) is 4.05. The molecule has 2 amide bonds. The van der Waals surface area contributed by atoms with E-state index in [-0.39, 0.29) is 30.1 Å². The number of rotatable bonds is 5. The van der Waals surface area contributed by atoms with Crippen molar-refractivity contribution in [1.29, 1.82) is 0 Å². The summed E-state index contributed by atoms with van der Waals surface area (Å²) in [6.45, 7) is 3.47. The van der Waals surface area contributed by atoms with Gasteiger partial charge < -0.3 is 20.3 Å². The van der Waals surface area contributed by atoms with E-state index in [0.717, 1.165) is 31.6 Å². The highest BCUT2D eigenvalue weighted by Crippen LogP contribution is 2.33. The SMILES string of the molecule is COCC1(C(=O)N2CCC(C(=O)Nc3ccccc3)CC2)CCNCC1.Cl. The maximum atomic E-state index is 13.2. The van der Waals surface area contributed by atoms with Crippen LogP contribution in [0.2, 0.25) is 0 Å². The van der Waals surface area contributed by atoms with E-state index in [1.807, 2.05) is 35.2 Å². The van der Waals surface area contributed by atoms with Crippen molar-refractivity contribution < 1.29 is 14.3 Å². The second kappa shape index (κ2) is 10.1. The number of piperidine rings is 2. The zero-order valence-electron chi connectivity index (χ0n) is 15.9. The maximum Gasteiger partial charge on any atom is 0.231 e. The van der Waals surface area contributed by atoms with E-state index >= 15 is 0 Å². The third kappa shape index (κ3) is 5.21. The van der Waals surface area contributed by atoms with Gasteiger partial charge in [0.1, 0.15) is 0 Å². The van der Waals surface area contributed by atoms with Crippen LogP contribution in [0.4, 0.5) is 5.69 Å². The first-order chi connectivity index (χ1) is 12.6. The van der Waals surface area contributed by atoms with Gasteiger partial charge in [0.2, 0.25) is 11.8 Å². The predicted octanol–water partition coefficient (Wildman–Crippen LogP) is 2.30. The zero-order chi connectivity index (χ0) is 18.4. The van der Waals surface area contributed by atoms with Crippen LogP contribution in [-0.4, -0.2) is 56.6 Å². The van der Waals surface area contributed by atoms with Gasteiger partial charge in [-0.15, -0.1) is 12.4 Å². The molecule has 2 aliphatic heterocycles. The van der Waals surface area contributed by atoms with Crippen molar-refractivity contribution >= 4 is 29.9 Å². The summed E-state index contributed by atoms with van der Waals surface area (Å²) < 4.78 is 5.38. The molecule has 2 saturated heterocycles. The summed E-state index contributed by atoms with van der Waals surface area (Å²) in [4.78, 5) is 27.6. The summed E-state index contributed by atoms with van der Waals surface area (Å²) in [6, 6.07) is 9.52. The average molecular weight is 396 g/mol. The molecular weight excluding hydrogens is 366 g/mol. The fourth-order valence-corrected chi connectivity index (χ4v) is 4.05. The lowest BCUT2D eigenvalue weighted by Crippen LogP contribution is -2.53. The van der Waals surface area contributed by atoms with Gasteiger partial charge >= 0.3 is 0 Å². The van der Waals surface area contributed by atoms with Crippen molar-refractivity contribution in [1.82, 2.24) is 10.2 Å². The van der Waals surface area contributed by atoms with Crippen LogP contribution in [0.25, 0.3) is 0 Å². The first-order valence-electron chi connectivity index (χ1n) is 9.49. The van der Waals surface area contributed by atoms with Crippen molar-refractivity contribution in [2.75, 3.05) is 45.2 Å². The summed E-state index contributed by atoms with van der Waals surface area (Å²) in [5, 5.41) is 6.30. The Kier molecular flexibility index (Phi) is 8.07.